The van der Waals surface area contributed by atoms with Gasteiger partial charge in [0, 0.05) is 31.3 Å². The first-order valence-corrected chi connectivity index (χ1v) is 7.07. The van der Waals surface area contributed by atoms with Crippen LogP contribution in [0.25, 0.3) is 0 Å². The molecule has 1 amide bonds. The molecular weight excluding hydrogens is 264 g/mol. The number of nitrogens with one attached hydrogen (secondary N) is 1. The highest BCUT2D eigenvalue weighted by atomic mass is 16.1. The number of rotatable bonds is 5. The molecule has 0 fully saturated rings. The first-order valence-electron chi connectivity index (χ1n) is 7.07. The lowest BCUT2D eigenvalue weighted by molar-refractivity contribution is -0.122. The summed E-state index contributed by atoms with van der Waals surface area (Å²) in [6.45, 7) is 3.89. The van der Waals surface area contributed by atoms with Gasteiger partial charge in [-0.25, -0.2) is 0 Å². The van der Waals surface area contributed by atoms with E-state index in [9.17, 15) is 4.79 Å². The zero-order chi connectivity index (χ0) is 15.4. The van der Waals surface area contributed by atoms with Crippen LogP contribution < -0.4 is 11.1 Å². The van der Waals surface area contributed by atoms with Crippen LogP contribution in [0.3, 0.4) is 0 Å². The van der Waals surface area contributed by atoms with E-state index in [0.29, 0.717) is 0 Å². The highest BCUT2D eigenvalue weighted by molar-refractivity contribution is 5.77. The molecule has 0 aliphatic carbocycles. The molecule has 0 saturated carbocycles. The Morgan fingerprint density at radius 2 is 2.05 bits per heavy atom. The summed E-state index contributed by atoms with van der Waals surface area (Å²) in [5, 5.41) is 7.27. The van der Waals surface area contributed by atoms with Crippen molar-refractivity contribution in [1.82, 2.24) is 15.1 Å². The smallest absolute Gasteiger partial charge is 0.222 e. The molecule has 0 saturated heterocycles. The van der Waals surface area contributed by atoms with E-state index in [0.717, 1.165) is 16.8 Å². The maximum absolute atomic E-state index is 12.1. The lowest BCUT2D eigenvalue weighted by Crippen LogP contribution is -2.30. The Bertz CT molecular complexity index is 606. The first-order chi connectivity index (χ1) is 9.97. The normalized spacial score (nSPS) is 13.7. The number of carbonyl (C=O) groups excluding carboxylic acids is 1. The van der Waals surface area contributed by atoms with Gasteiger partial charge in [0.15, 0.2) is 0 Å². The van der Waals surface area contributed by atoms with Crippen LogP contribution in [0.1, 0.15) is 42.2 Å². The molecule has 5 heteroatoms. The summed E-state index contributed by atoms with van der Waals surface area (Å²) >= 11 is 0. The predicted molar refractivity (Wildman–Crippen MR) is 82.5 cm³/mol. The summed E-state index contributed by atoms with van der Waals surface area (Å²) in [5.74, 6) is -0.0536. The first kappa shape index (κ1) is 15.3. The van der Waals surface area contributed by atoms with Gasteiger partial charge in [0.2, 0.25) is 5.91 Å². The largest absolute Gasteiger partial charge is 0.349 e. The van der Waals surface area contributed by atoms with Gasteiger partial charge >= 0.3 is 0 Å². The van der Waals surface area contributed by atoms with E-state index in [-0.39, 0.29) is 24.4 Å². The van der Waals surface area contributed by atoms with E-state index in [1.165, 1.54) is 0 Å². The number of hydrogen-bond acceptors (Lipinski definition) is 3. The van der Waals surface area contributed by atoms with E-state index in [4.69, 9.17) is 5.73 Å². The van der Waals surface area contributed by atoms with E-state index >= 15 is 0 Å². The number of aryl methyl sites for hydroxylation is 2. The number of nitrogens with two attached hydrogens (primary N) is 1. The lowest BCUT2D eigenvalue weighted by atomic mass is 10.0. The van der Waals surface area contributed by atoms with Crippen molar-refractivity contribution in [3.05, 3.63) is 53.3 Å². The van der Waals surface area contributed by atoms with Gasteiger partial charge in [-0.05, 0) is 19.4 Å². The third kappa shape index (κ3) is 3.92. The SMILES string of the molecule is Cc1nn(C)cc1C(C)NC(=O)CC(N)c1ccccc1. The van der Waals surface area contributed by atoms with Crippen LogP contribution in [0.2, 0.25) is 0 Å². The molecule has 21 heavy (non-hydrogen) atoms. The van der Waals surface area contributed by atoms with Crippen LogP contribution in [0.5, 0.6) is 0 Å². The monoisotopic (exact) mass is 286 g/mol. The minimum absolute atomic E-state index is 0.0536. The molecule has 1 aromatic heterocycles. The molecule has 5 nitrogen and oxygen atoms in total. The van der Waals surface area contributed by atoms with Gasteiger partial charge in [-0.1, -0.05) is 30.3 Å². The van der Waals surface area contributed by atoms with Gasteiger partial charge in [-0.3, -0.25) is 9.48 Å². The van der Waals surface area contributed by atoms with Crippen molar-refractivity contribution in [2.45, 2.75) is 32.4 Å². The second-order valence-electron chi connectivity index (χ2n) is 5.35. The zero-order valence-corrected chi connectivity index (χ0v) is 12.7. The summed E-state index contributed by atoms with van der Waals surface area (Å²) < 4.78 is 1.75. The van der Waals surface area contributed by atoms with Crippen molar-refractivity contribution in [2.24, 2.45) is 12.8 Å². The van der Waals surface area contributed by atoms with Gasteiger partial charge in [-0.2, -0.15) is 5.10 Å². The Labute approximate surface area is 125 Å². The molecule has 2 aromatic rings. The number of hydrogen-bond donors (Lipinski definition) is 2. The van der Waals surface area contributed by atoms with Crippen molar-refractivity contribution in [3.63, 3.8) is 0 Å². The molecule has 0 radical (unpaired) electrons. The zero-order valence-electron chi connectivity index (χ0n) is 12.7. The third-order valence-electron chi connectivity index (χ3n) is 3.53. The second kappa shape index (κ2) is 6.54. The van der Waals surface area contributed by atoms with Gasteiger partial charge in [0.1, 0.15) is 0 Å². The van der Waals surface area contributed by atoms with Crippen LogP contribution in [-0.4, -0.2) is 15.7 Å². The Hall–Kier alpha value is -2.14. The molecule has 2 rings (SSSR count). The van der Waals surface area contributed by atoms with Gasteiger partial charge < -0.3 is 11.1 Å². The van der Waals surface area contributed by atoms with Crippen molar-refractivity contribution >= 4 is 5.91 Å². The Morgan fingerprint density at radius 3 is 2.62 bits per heavy atom. The van der Waals surface area contributed by atoms with Crippen LogP contribution in [0.4, 0.5) is 0 Å². The molecule has 1 heterocycles. The Balaban J connectivity index is 1.94. The van der Waals surface area contributed by atoms with Crippen molar-refractivity contribution in [3.8, 4) is 0 Å². The molecule has 0 aliphatic heterocycles. The number of amides is 1. The minimum Gasteiger partial charge on any atom is -0.349 e. The summed E-state index contributed by atoms with van der Waals surface area (Å²) in [4.78, 5) is 12.1. The van der Waals surface area contributed by atoms with Crippen LogP contribution in [-0.2, 0) is 11.8 Å². The second-order valence-corrected chi connectivity index (χ2v) is 5.35. The molecule has 0 bridgehead atoms. The molecule has 112 valence electrons. The van der Waals surface area contributed by atoms with E-state index in [1.807, 2.05) is 57.4 Å². The maximum Gasteiger partial charge on any atom is 0.222 e. The fourth-order valence-electron chi connectivity index (χ4n) is 2.44. The fourth-order valence-corrected chi connectivity index (χ4v) is 2.44. The topological polar surface area (TPSA) is 72.9 Å². The average Bonchev–Trinajstić information content (AvgIpc) is 2.78. The lowest BCUT2D eigenvalue weighted by Gasteiger charge is -2.16. The van der Waals surface area contributed by atoms with Gasteiger partial charge in [0.05, 0.1) is 11.7 Å². The van der Waals surface area contributed by atoms with Gasteiger partial charge in [-0.15, -0.1) is 0 Å². The van der Waals surface area contributed by atoms with E-state index in [2.05, 4.69) is 10.4 Å². The average molecular weight is 286 g/mol. The third-order valence-corrected chi connectivity index (χ3v) is 3.53. The van der Waals surface area contributed by atoms with Crippen molar-refractivity contribution < 1.29 is 4.79 Å². The number of aromatic nitrogens is 2. The molecule has 3 N–H and O–H groups in total. The quantitative estimate of drug-likeness (QED) is 0.883. The van der Waals surface area contributed by atoms with Crippen molar-refractivity contribution in [2.75, 3.05) is 0 Å². The standard InChI is InChI=1S/C16H22N4O/c1-11(14-10-20(3)19-12(14)2)18-16(21)9-15(17)13-7-5-4-6-8-13/h4-8,10-11,15H,9,17H2,1-3H3,(H,18,21). The number of carbonyl (C=O) groups is 1. The highest BCUT2D eigenvalue weighted by Crippen LogP contribution is 2.17. The Kier molecular flexibility index (Phi) is 4.75. The number of benzene rings is 1. The van der Waals surface area contributed by atoms with E-state index in [1.54, 1.807) is 4.68 Å². The molecule has 2 atom stereocenters. The minimum atomic E-state index is -0.284. The van der Waals surface area contributed by atoms with Crippen LogP contribution >= 0.6 is 0 Å². The Morgan fingerprint density at radius 1 is 1.38 bits per heavy atom. The molecule has 1 aromatic carbocycles. The summed E-state index contributed by atoms with van der Waals surface area (Å²) in [6.07, 6.45) is 2.20. The van der Waals surface area contributed by atoms with Crippen LogP contribution in [0, 0.1) is 6.92 Å². The molecular formula is C16H22N4O. The molecule has 0 spiro atoms. The summed E-state index contributed by atoms with van der Waals surface area (Å²) in [6, 6.07) is 9.30. The van der Waals surface area contributed by atoms with E-state index < -0.39 is 0 Å². The van der Waals surface area contributed by atoms with Gasteiger partial charge in [0.25, 0.3) is 0 Å². The summed E-state index contributed by atoms with van der Waals surface area (Å²) in [5.41, 5.74) is 8.99. The maximum atomic E-state index is 12.1. The summed E-state index contributed by atoms with van der Waals surface area (Å²) in [7, 11) is 1.87. The fraction of sp³-hybridized carbons (Fsp3) is 0.375. The van der Waals surface area contributed by atoms with Crippen molar-refractivity contribution in [1.29, 1.82) is 0 Å². The van der Waals surface area contributed by atoms with Crippen LogP contribution in [0.15, 0.2) is 36.5 Å². The molecule has 0 aliphatic rings. The number of nitrogens with zero attached hydrogens (tertiary/aromatic N) is 2. The predicted octanol–water partition coefficient (Wildman–Crippen LogP) is 2.00. The molecule has 2 unspecified atom stereocenters. The highest BCUT2D eigenvalue weighted by Gasteiger charge is 2.16.